The van der Waals surface area contributed by atoms with Gasteiger partial charge in [0.25, 0.3) is 0 Å². The van der Waals surface area contributed by atoms with E-state index in [1.165, 1.54) is 19.3 Å². The van der Waals surface area contributed by atoms with E-state index in [2.05, 4.69) is 10.2 Å². The van der Waals surface area contributed by atoms with Crippen molar-refractivity contribution in [1.29, 1.82) is 0 Å². The van der Waals surface area contributed by atoms with Gasteiger partial charge in [-0.2, -0.15) is 0 Å². The summed E-state index contributed by atoms with van der Waals surface area (Å²) < 4.78 is 2.43. The number of aromatic nitrogens is 3. The molecule has 4 aliphatic rings. The third-order valence-corrected chi connectivity index (χ3v) is 5.45. The lowest BCUT2D eigenvalue weighted by Gasteiger charge is -2.56. The van der Waals surface area contributed by atoms with Gasteiger partial charge in [0, 0.05) is 0 Å². The van der Waals surface area contributed by atoms with Gasteiger partial charge in [-0.05, 0) is 68.5 Å². The number of hydrogen-bond donors (Lipinski definition) is 2. The maximum absolute atomic E-state index is 12.0. The Morgan fingerprint density at radius 2 is 1.59 bits per heavy atom. The zero-order valence-electron chi connectivity index (χ0n) is 9.74. The maximum Gasteiger partial charge on any atom is 0.342 e. The molecule has 5 rings (SSSR count). The second-order valence-electron chi connectivity index (χ2n) is 6.34. The van der Waals surface area contributed by atoms with E-state index < -0.39 is 0 Å². The van der Waals surface area contributed by atoms with Crippen LogP contribution in [0.5, 0.6) is 0 Å². The summed E-state index contributed by atoms with van der Waals surface area (Å²) in [6, 6.07) is 0. The first-order valence-electron chi connectivity index (χ1n) is 6.56. The minimum absolute atomic E-state index is 0.0411. The summed E-state index contributed by atoms with van der Waals surface area (Å²) in [5.41, 5.74) is -0.00340. The Morgan fingerprint density at radius 3 is 2.00 bits per heavy atom. The average molecular weight is 251 g/mol. The van der Waals surface area contributed by atoms with Gasteiger partial charge in [-0.3, -0.25) is 9.67 Å². The molecule has 2 N–H and O–H groups in total. The molecular weight excluding hydrogens is 234 g/mol. The van der Waals surface area contributed by atoms with E-state index in [9.17, 15) is 4.79 Å². The summed E-state index contributed by atoms with van der Waals surface area (Å²) in [4.78, 5) is 12.0. The molecule has 1 aromatic heterocycles. The summed E-state index contributed by atoms with van der Waals surface area (Å²) in [6.07, 6.45) is 7.63. The summed E-state index contributed by atoms with van der Waals surface area (Å²) in [7, 11) is 0. The summed E-state index contributed by atoms with van der Waals surface area (Å²) in [5, 5.41) is 5.44. The lowest BCUT2D eigenvalue weighted by Crippen LogP contribution is -2.54. The highest BCUT2D eigenvalue weighted by Gasteiger charge is 2.52. The van der Waals surface area contributed by atoms with Gasteiger partial charge in [0.2, 0.25) is 0 Å². The van der Waals surface area contributed by atoms with E-state index in [0.717, 1.165) is 37.0 Å². The summed E-state index contributed by atoms with van der Waals surface area (Å²) in [6.45, 7) is 0. The fraction of sp³-hybridized carbons (Fsp3) is 0.833. The molecule has 1 aromatic rings. The summed E-state index contributed by atoms with van der Waals surface area (Å²) in [5.74, 6) is 2.49. The third-order valence-electron chi connectivity index (χ3n) is 5.16. The summed E-state index contributed by atoms with van der Waals surface area (Å²) >= 11 is 5.28. The van der Waals surface area contributed by atoms with Crippen molar-refractivity contribution in [3.8, 4) is 0 Å². The van der Waals surface area contributed by atoms with Crippen molar-refractivity contribution in [3.05, 3.63) is 15.3 Å². The van der Waals surface area contributed by atoms with Crippen LogP contribution >= 0.6 is 12.2 Å². The van der Waals surface area contributed by atoms with E-state index in [1.807, 2.05) is 4.57 Å². The molecule has 0 amide bonds. The number of nitrogens with zero attached hydrogens (tertiary/aromatic N) is 1. The Labute approximate surface area is 104 Å². The van der Waals surface area contributed by atoms with Crippen LogP contribution in [-0.4, -0.2) is 14.8 Å². The largest absolute Gasteiger partial charge is 0.342 e. The maximum atomic E-state index is 12.0. The molecule has 92 valence electrons. The van der Waals surface area contributed by atoms with Crippen LogP contribution in [0.4, 0.5) is 0 Å². The highest BCUT2D eigenvalue weighted by atomic mass is 32.1. The molecule has 0 unspecified atom stereocenters. The molecule has 0 spiro atoms. The first kappa shape index (κ1) is 10.1. The van der Waals surface area contributed by atoms with E-state index in [0.29, 0.717) is 4.77 Å². The van der Waals surface area contributed by atoms with Gasteiger partial charge in [-0.1, -0.05) is 0 Å². The quantitative estimate of drug-likeness (QED) is 0.751. The Kier molecular flexibility index (Phi) is 1.86. The van der Waals surface area contributed by atoms with Crippen LogP contribution < -0.4 is 5.69 Å². The van der Waals surface area contributed by atoms with Gasteiger partial charge in [0.1, 0.15) is 0 Å². The molecule has 0 aliphatic heterocycles. The monoisotopic (exact) mass is 251 g/mol. The SMILES string of the molecule is O=c1[nH][nH]c(=S)n1C12CC3CC(CC(C3)C1)C2. The van der Waals surface area contributed by atoms with Crippen molar-refractivity contribution in [3.63, 3.8) is 0 Å². The lowest BCUT2D eigenvalue weighted by molar-refractivity contribution is -0.0454. The third kappa shape index (κ3) is 1.29. The van der Waals surface area contributed by atoms with Gasteiger partial charge in [0.05, 0.1) is 5.54 Å². The number of hydrogen-bond acceptors (Lipinski definition) is 2. The van der Waals surface area contributed by atoms with Crippen molar-refractivity contribution in [2.45, 2.75) is 44.1 Å². The van der Waals surface area contributed by atoms with Gasteiger partial charge in [0.15, 0.2) is 4.77 Å². The molecule has 4 fully saturated rings. The van der Waals surface area contributed by atoms with Crippen molar-refractivity contribution in [2.75, 3.05) is 0 Å². The predicted octanol–water partition coefficient (Wildman–Crippen LogP) is 2.16. The molecule has 5 heteroatoms. The Hall–Kier alpha value is -0.840. The van der Waals surface area contributed by atoms with Crippen LogP contribution in [0.2, 0.25) is 0 Å². The van der Waals surface area contributed by atoms with E-state index >= 15 is 0 Å². The predicted molar refractivity (Wildman–Crippen MR) is 66.4 cm³/mol. The highest BCUT2D eigenvalue weighted by molar-refractivity contribution is 7.71. The molecule has 4 bridgehead atoms. The minimum Gasteiger partial charge on any atom is -0.272 e. The molecule has 0 atom stereocenters. The smallest absolute Gasteiger partial charge is 0.272 e. The molecule has 0 aromatic carbocycles. The normalized spacial score (nSPS) is 43.2. The molecule has 0 saturated heterocycles. The molecule has 4 nitrogen and oxygen atoms in total. The van der Waals surface area contributed by atoms with Gasteiger partial charge in [-0.25, -0.2) is 9.89 Å². The van der Waals surface area contributed by atoms with Crippen molar-refractivity contribution in [1.82, 2.24) is 14.8 Å². The van der Waals surface area contributed by atoms with Crippen molar-refractivity contribution in [2.24, 2.45) is 17.8 Å². The molecule has 4 aliphatic carbocycles. The lowest BCUT2D eigenvalue weighted by atomic mass is 9.53. The zero-order valence-corrected chi connectivity index (χ0v) is 10.6. The van der Waals surface area contributed by atoms with Gasteiger partial charge < -0.3 is 0 Å². The molecule has 1 heterocycles. The number of H-pyrrole nitrogens is 2. The second-order valence-corrected chi connectivity index (χ2v) is 6.72. The minimum atomic E-state index is -0.0445. The van der Waals surface area contributed by atoms with Crippen molar-refractivity contribution < 1.29 is 0 Å². The highest BCUT2D eigenvalue weighted by Crippen LogP contribution is 2.58. The van der Waals surface area contributed by atoms with Crippen LogP contribution in [-0.2, 0) is 5.54 Å². The van der Waals surface area contributed by atoms with E-state index in [4.69, 9.17) is 12.2 Å². The van der Waals surface area contributed by atoms with Crippen LogP contribution in [0.3, 0.4) is 0 Å². The average Bonchev–Trinajstić information content (AvgIpc) is 2.56. The first-order chi connectivity index (χ1) is 8.16. The topological polar surface area (TPSA) is 53.6 Å². The standard InChI is InChI=1S/C12H17N3OS/c16-10-13-14-11(17)15(10)12-4-7-1-8(5-12)3-9(2-7)6-12/h7-9H,1-6H2,(H,13,16)(H,14,17). The first-order valence-corrected chi connectivity index (χ1v) is 6.97. The number of nitrogens with one attached hydrogen (secondary N) is 2. The van der Waals surface area contributed by atoms with Crippen LogP contribution in [0.15, 0.2) is 4.79 Å². The van der Waals surface area contributed by atoms with E-state index in [1.54, 1.807) is 0 Å². The van der Waals surface area contributed by atoms with Crippen LogP contribution in [0, 0.1) is 22.5 Å². The fourth-order valence-electron chi connectivity index (χ4n) is 5.08. The fourth-order valence-corrected chi connectivity index (χ4v) is 5.41. The zero-order chi connectivity index (χ0) is 11.6. The van der Waals surface area contributed by atoms with Gasteiger partial charge in [-0.15, -0.1) is 0 Å². The van der Waals surface area contributed by atoms with Crippen LogP contribution in [0.1, 0.15) is 38.5 Å². The molecular formula is C12H17N3OS. The number of aromatic amines is 2. The molecule has 4 saturated carbocycles. The van der Waals surface area contributed by atoms with Gasteiger partial charge >= 0.3 is 5.69 Å². The second kappa shape index (κ2) is 3.13. The number of rotatable bonds is 1. The Morgan fingerprint density at radius 1 is 1.06 bits per heavy atom. The Balaban J connectivity index is 1.88. The van der Waals surface area contributed by atoms with E-state index in [-0.39, 0.29) is 11.2 Å². The van der Waals surface area contributed by atoms with Crippen LogP contribution in [0.25, 0.3) is 0 Å². The molecule has 0 radical (unpaired) electrons. The van der Waals surface area contributed by atoms with Crippen molar-refractivity contribution >= 4 is 12.2 Å². The Bertz CT molecular complexity index is 504. The molecule has 17 heavy (non-hydrogen) atoms.